The third-order valence-corrected chi connectivity index (χ3v) is 5.22. The van der Waals surface area contributed by atoms with Gasteiger partial charge in [-0.2, -0.15) is 0 Å². The third kappa shape index (κ3) is 4.09. The van der Waals surface area contributed by atoms with E-state index in [9.17, 15) is 0 Å². The Morgan fingerprint density at radius 2 is 2.10 bits per heavy atom. The molecule has 0 amide bonds. The molecule has 6 heteroatoms. The number of anilines is 1. The lowest BCUT2D eigenvalue weighted by molar-refractivity contribution is 0.625. The van der Waals surface area contributed by atoms with Gasteiger partial charge in [-0.15, -0.1) is 11.3 Å². The third-order valence-electron chi connectivity index (χ3n) is 4.27. The average molecular weight is 307 g/mol. The minimum absolute atomic E-state index is 0.537. The lowest BCUT2D eigenvalue weighted by Crippen LogP contribution is -2.38. The van der Waals surface area contributed by atoms with Crippen LogP contribution in [0.5, 0.6) is 0 Å². The summed E-state index contributed by atoms with van der Waals surface area (Å²) in [4.78, 5) is 11.5. The maximum atomic E-state index is 5.94. The number of nitrogens with two attached hydrogens (primary N) is 1. The molecule has 1 aliphatic carbocycles. The highest BCUT2D eigenvalue weighted by atomic mass is 32.1. The molecule has 0 bridgehead atoms. The van der Waals surface area contributed by atoms with Crippen LogP contribution < -0.4 is 16.0 Å². The second-order valence-electron chi connectivity index (χ2n) is 5.96. The number of aliphatic imine (C=N–C) groups is 1. The summed E-state index contributed by atoms with van der Waals surface area (Å²) in [7, 11) is 0. The van der Waals surface area contributed by atoms with Gasteiger partial charge in [-0.05, 0) is 25.7 Å². The van der Waals surface area contributed by atoms with Crippen LogP contribution in [-0.4, -0.2) is 36.6 Å². The van der Waals surface area contributed by atoms with Gasteiger partial charge >= 0.3 is 0 Å². The molecule has 3 rings (SSSR count). The first-order valence-electron chi connectivity index (χ1n) is 8.07. The molecule has 116 valence electrons. The Hall–Kier alpha value is -1.30. The lowest BCUT2D eigenvalue weighted by Gasteiger charge is -2.12. The van der Waals surface area contributed by atoms with E-state index in [1.54, 1.807) is 11.3 Å². The smallest absolute Gasteiger partial charge is 0.188 e. The number of thiazole rings is 1. The Labute approximate surface area is 130 Å². The fourth-order valence-electron chi connectivity index (χ4n) is 3.08. The minimum atomic E-state index is 0.537. The van der Waals surface area contributed by atoms with Crippen LogP contribution in [0.25, 0.3) is 0 Å². The van der Waals surface area contributed by atoms with E-state index in [0.29, 0.717) is 18.5 Å². The van der Waals surface area contributed by atoms with Gasteiger partial charge in [-0.3, -0.25) is 4.99 Å². The molecule has 21 heavy (non-hydrogen) atoms. The van der Waals surface area contributed by atoms with E-state index in [2.05, 4.69) is 20.6 Å². The van der Waals surface area contributed by atoms with Gasteiger partial charge in [0.1, 0.15) is 0 Å². The van der Waals surface area contributed by atoms with Crippen molar-refractivity contribution in [1.82, 2.24) is 10.3 Å². The molecule has 1 aliphatic heterocycles. The zero-order valence-electron chi connectivity index (χ0n) is 12.6. The number of hydrogen-bond donors (Lipinski definition) is 2. The van der Waals surface area contributed by atoms with E-state index >= 15 is 0 Å². The van der Waals surface area contributed by atoms with Gasteiger partial charge in [0.25, 0.3) is 0 Å². The van der Waals surface area contributed by atoms with Gasteiger partial charge in [0, 0.05) is 37.5 Å². The number of guanidine groups is 1. The number of aromatic nitrogens is 1. The van der Waals surface area contributed by atoms with Crippen molar-refractivity contribution in [2.75, 3.05) is 24.5 Å². The largest absolute Gasteiger partial charge is 0.370 e. The second kappa shape index (κ2) is 7.11. The summed E-state index contributed by atoms with van der Waals surface area (Å²) >= 11 is 1.75. The van der Waals surface area contributed by atoms with Gasteiger partial charge in [0.05, 0.1) is 5.69 Å². The fraction of sp³-hybridized carbons (Fsp3) is 0.733. The summed E-state index contributed by atoms with van der Waals surface area (Å²) < 4.78 is 0. The van der Waals surface area contributed by atoms with Gasteiger partial charge in [0.2, 0.25) is 0 Å². The van der Waals surface area contributed by atoms with E-state index in [0.717, 1.165) is 25.2 Å². The molecule has 1 saturated carbocycles. The maximum Gasteiger partial charge on any atom is 0.188 e. The normalized spacial score (nSPS) is 20.4. The van der Waals surface area contributed by atoms with Gasteiger partial charge in [-0.25, -0.2) is 4.98 Å². The molecular formula is C15H25N5S. The number of nitrogens with one attached hydrogen (secondary N) is 1. The van der Waals surface area contributed by atoms with Gasteiger partial charge < -0.3 is 16.0 Å². The van der Waals surface area contributed by atoms with Crippen molar-refractivity contribution in [3.63, 3.8) is 0 Å². The van der Waals surface area contributed by atoms with Crippen LogP contribution >= 0.6 is 11.3 Å². The summed E-state index contributed by atoms with van der Waals surface area (Å²) in [6.07, 6.45) is 8.53. The number of hydrogen-bond acceptors (Lipinski definition) is 4. The molecule has 2 heterocycles. The minimum Gasteiger partial charge on any atom is -0.370 e. The zero-order valence-corrected chi connectivity index (χ0v) is 13.4. The highest BCUT2D eigenvalue weighted by Gasteiger charge is 2.16. The Bertz CT molecular complexity index is 472. The van der Waals surface area contributed by atoms with Gasteiger partial charge in [-0.1, -0.05) is 12.8 Å². The molecule has 0 unspecified atom stereocenters. The quantitative estimate of drug-likeness (QED) is 0.646. The van der Waals surface area contributed by atoms with Crippen molar-refractivity contribution in [1.29, 1.82) is 0 Å². The molecule has 0 aromatic carbocycles. The van der Waals surface area contributed by atoms with Crippen molar-refractivity contribution in [2.45, 2.75) is 51.0 Å². The molecular weight excluding hydrogens is 282 g/mol. The fourth-order valence-corrected chi connectivity index (χ4v) is 3.99. The maximum absolute atomic E-state index is 5.94. The molecule has 0 atom stereocenters. The van der Waals surface area contributed by atoms with Crippen molar-refractivity contribution < 1.29 is 0 Å². The Kier molecular flexibility index (Phi) is 4.95. The van der Waals surface area contributed by atoms with Crippen LogP contribution in [0.2, 0.25) is 0 Å². The van der Waals surface area contributed by atoms with Crippen LogP contribution in [0.15, 0.2) is 10.4 Å². The summed E-state index contributed by atoms with van der Waals surface area (Å²) in [5.41, 5.74) is 7.07. The topological polar surface area (TPSA) is 66.5 Å². The predicted molar refractivity (Wildman–Crippen MR) is 89.1 cm³/mol. The zero-order chi connectivity index (χ0) is 14.5. The van der Waals surface area contributed by atoms with Crippen LogP contribution in [0, 0.1) is 0 Å². The predicted octanol–water partition coefficient (Wildman–Crippen LogP) is 2.13. The molecule has 2 fully saturated rings. The molecule has 1 aromatic heterocycles. The Morgan fingerprint density at radius 3 is 2.86 bits per heavy atom. The Morgan fingerprint density at radius 1 is 1.33 bits per heavy atom. The average Bonchev–Trinajstić information content (AvgIpc) is 3.21. The van der Waals surface area contributed by atoms with Crippen LogP contribution in [0.1, 0.15) is 44.2 Å². The monoisotopic (exact) mass is 307 g/mol. The molecule has 0 spiro atoms. The van der Waals surface area contributed by atoms with E-state index in [4.69, 9.17) is 10.7 Å². The standard InChI is InChI=1S/C15H25N5S/c16-14(18-12-5-1-2-6-12)17-8-7-13-11-21-15(19-13)20-9-3-4-10-20/h11-12H,1-10H2,(H3,16,17,18). The summed E-state index contributed by atoms with van der Waals surface area (Å²) in [6.45, 7) is 3.03. The van der Waals surface area contributed by atoms with E-state index in [1.807, 2.05) is 0 Å². The summed E-state index contributed by atoms with van der Waals surface area (Å²) in [5, 5.41) is 6.64. The highest BCUT2D eigenvalue weighted by Crippen LogP contribution is 2.24. The number of nitrogens with zero attached hydrogens (tertiary/aromatic N) is 3. The Balaban J connectivity index is 1.43. The molecule has 1 aromatic rings. The van der Waals surface area contributed by atoms with Crippen molar-refractivity contribution >= 4 is 22.4 Å². The first kappa shape index (κ1) is 14.6. The van der Waals surface area contributed by atoms with Crippen molar-refractivity contribution in [3.8, 4) is 0 Å². The summed E-state index contributed by atoms with van der Waals surface area (Å²) in [5.74, 6) is 0.594. The second-order valence-corrected chi connectivity index (χ2v) is 6.79. The van der Waals surface area contributed by atoms with E-state index in [1.165, 1.54) is 43.7 Å². The van der Waals surface area contributed by atoms with Crippen molar-refractivity contribution in [2.24, 2.45) is 10.7 Å². The molecule has 5 nitrogen and oxygen atoms in total. The first-order valence-corrected chi connectivity index (χ1v) is 8.95. The number of rotatable bonds is 5. The van der Waals surface area contributed by atoms with Gasteiger partial charge in [0.15, 0.2) is 11.1 Å². The molecule has 3 N–H and O–H groups in total. The highest BCUT2D eigenvalue weighted by molar-refractivity contribution is 7.13. The van der Waals surface area contributed by atoms with Crippen LogP contribution in [0.3, 0.4) is 0 Å². The lowest BCUT2D eigenvalue weighted by atomic mass is 10.2. The van der Waals surface area contributed by atoms with Crippen LogP contribution in [0.4, 0.5) is 5.13 Å². The molecule has 1 saturated heterocycles. The molecule has 2 aliphatic rings. The van der Waals surface area contributed by atoms with E-state index < -0.39 is 0 Å². The van der Waals surface area contributed by atoms with E-state index in [-0.39, 0.29) is 0 Å². The first-order chi connectivity index (χ1) is 10.3. The summed E-state index contributed by atoms with van der Waals surface area (Å²) in [6, 6.07) is 0.537. The molecule has 0 radical (unpaired) electrons. The van der Waals surface area contributed by atoms with Crippen LogP contribution in [-0.2, 0) is 6.42 Å². The SMILES string of the molecule is NC(=NCCc1csc(N2CCCC2)n1)NC1CCCC1. The van der Waals surface area contributed by atoms with Crippen molar-refractivity contribution in [3.05, 3.63) is 11.1 Å².